The lowest BCUT2D eigenvalue weighted by Crippen LogP contribution is -2.47. The molecule has 71 heavy (non-hydrogen) atoms. The number of halogens is 1. The predicted molar refractivity (Wildman–Crippen MR) is 298 cm³/mol. The molecule has 4 aromatic rings. The molecule has 11 heteroatoms. The van der Waals surface area contributed by atoms with Crippen LogP contribution in [-0.2, 0) is 27.8 Å². The number of hydrogen-bond acceptors (Lipinski definition) is 8. The van der Waals surface area contributed by atoms with E-state index in [0.29, 0.717) is 24.7 Å². The summed E-state index contributed by atoms with van der Waals surface area (Å²) >= 11 is 5.56. The zero-order valence-corrected chi connectivity index (χ0v) is 46.1. The van der Waals surface area contributed by atoms with Gasteiger partial charge in [-0.3, -0.25) is 9.48 Å². The molecule has 2 saturated carbocycles. The standard InChI is InChI=1S/C49H71N5O2.C6H6ClN.C3H3NO.C2H6/c1-11-14-37(21-19-33(2)3)43-30-45(53(10)52-43)47(39-17-13-18-39)50-31-49(8,9)56-32-48(6,7)51-46(38-15-12-16-38)40-25-23-36(24-26-40)41-27-28-44-42(29-41)22-20-34(4)54(44)35(5)55;7-5-1-3-6(8)4-2-5;4-2-1-3-5;1-2/h23-30,33-34,37,50-51H,11-22,31-32H2,1-10H3;1-4H,8H2;3H,1H2;1-2H3/t34-,37?;;;/m0.../s1. The van der Waals surface area contributed by atoms with E-state index in [1.807, 2.05) is 18.7 Å². The molecule has 2 fully saturated rings. The Labute approximate surface area is 432 Å². The maximum Gasteiger partial charge on any atom is 0.224 e. The zero-order chi connectivity index (χ0) is 52.3. The summed E-state index contributed by atoms with van der Waals surface area (Å²) < 4.78 is 8.89. The van der Waals surface area contributed by atoms with Crippen LogP contribution in [0, 0.1) is 17.2 Å². The number of nitriles is 1. The monoisotopic (exact) mass is 988 g/mol. The lowest BCUT2D eigenvalue weighted by atomic mass is 9.87. The lowest BCUT2D eigenvalue weighted by molar-refractivity contribution is -0.117. The summed E-state index contributed by atoms with van der Waals surface area (Å²) in [6.45, 7) is 25.0. The quantitative estimate of drug-likeness (QED) is 0.0662. The highest BCUT2D eigenvalue weighted by Gasteiger charge is 2.30. The number of anilines is 2. The second-order valence-electron chi connectivity index (χ2n) is 20.9. The van der Waals surface area contributed by atoms with Crippen LogP contribution in [0.25, 0.3) is 22.5 Å². The number of hydrogen-bond donors (Lipinski definition) is 3. The van der Waals surface area contributed by atoms with Gasteiger partial charge in [0.1, 0.15) is 6.29 Å². The molecule has 4 N–H and O–H groups in total. The van der Waals surface area contributed by atoms with E-state index in [9.17, 15) is 9.59 Å². The number of ether oxygens (including phenoxy) is 1. The number of amides is 1. The van der Waals surface area contributed by atoms with Crippen LogP contribution >= 0.6 is 11.6 Å². The molecule has 1 aliphatic heterocycles. The van der Waals surface area contributed by atoms with E-state index < -0.39 is 0 Å². The number of fused-ring (bicyclic) bond motifs is 1. The summed E-state index contributed by atoms with van der Waals surface area (Å²) in [6, 6.07) is 26.9. The Balaban J connectivity index is 0.000000632. The van der Waals surface area contributed by atoms with Crippen molar-refractivity contribution < 1.29 is 14.3 Å². The number of carbonyl (C=O) groups excluding carboxylic acids is 2. The van der Waals surface area contributed by atoms with Crippen LogP contribution in [0.3, 0.4) is 0 Å². The third-order valence-corrected chi connectivity index (χ3v) is 13.7. The first kappa shape index (κ1) is 58.2. The van der Waals surface area contributed by atoms with Crippen LogP contribution in [0.4, 0.5) is 11.4 Å². The summed E-state index contributed by atoms with van der Waals surface area (Å²) in [5.41, 5.74) is 19.4. The van der Waals surface area contributed by atoms with E-state index in [0.717, 1.165) is 61.5 Å². The highest BCUT2D eigenvalue weighted by molar-refractivity contribution is 6.30. The number of carbonyl (C=O) groups is 2. The number of nitrogens with one attached hydrogen (secondary N) is 2. The van der Waals surface area contributed by atoms with E-state index in [1.165, 1.54) is 94.7 Å². The molecule has 0 bridgehead atoms. The lowest BCUT2D eigenvalue weighted by Gasteiger charge is -2.36. The SMILES string of the molecule is CC.CCCC(CCC(C)C)c1cc(C(NCC(C)(C)OCC(C)(C)NC(=C2CCC2)c2ccc(-c3ccc4c(c3)CC[C@H](C)N4C(C)=O)cc2)=C2CCC2)n(C)n1.N#CCC=O.Nc1ccc(Cl)cc1. The molecule has 10 nitrogen and oxygen atoms in total. The summed E-state index contributed by atoms with van der Waals surface area (Å²) in [5, 5.41) is 21.2. The van der Waals surface area contributed by atoms with Crippen molar-refractivity contribution in [2.45, 2.75) is 183 Å². The van der Waals surface area contributed by atoms with Crippen molar-refractivity contribution in [3.05, 3.63) is 111 Å². The topological polar surface area (TPSA) is 138 Å². The fraction of sp³-hybridized carbons (Fsp3) is 0.533. The van der Waals surface area contributed by atoms with Crippen LogP contribution < -0.4 is 21.3 Å². The highest BCUT2D eigenvalue weighted by Crippen LogP contribution is 2.38. The number of allylic oxidation sites excluding steroid dienone is 2. The number of aromatic nitrogens is 2. The Hall–Kier alpha value is -5.37. The van der Waals surface area contributed by atoms with Crippen LogP contribution in [-0.4, -0.2) is 52.3 Å². The zero-order valence-electron chi connectivity index (χ0n) is 45.3. The van der Waals surface area contributed by atoms with Crippen molar-refractivity contribution in [1.82, 2.24) is 20.4 Å². The van der Waals surface area contributed by atoms with Gasteiger partial charge in [-0.15, -0.1) is 0 Å². The molecular formula is C60H86ClN7O3. The Kier molecular flexibility index (Phi) is 23.0. The van der Waals surface area contributed by atoms with Crippen LogP contribution in [0.15, 0.2) is 83.9 Å². The molecule has 386 valence electrons. The fourth-order valence-electron chi connectivity index (χ4n) is 9.06. The van der Waals surface area contributed by atoms with E-state index in [2.05, 4.69) is 126 Å². The van der Waals surface area contributed by atoms with Gasteiger partial charge >= 0.3 is 0 Å². The maximum absolute atomic E-state index is 12.4. The fourth-order valence-corrected chi connectivity index (χ4v) is 9.18. The van der Waals surface area contributed by atoms with Crippen molar-refractivity contribution in [3.8, 4) is 17.2 Å². The minimum absolute atomic E-state index is 0.0139. The maximum atomic E-state index is 12.4. The average Bonchev–Trinajstić information content (AvgIpc) is 3.69. The summed E-state index contributed by atoms with van der Waals surface area (Å²) in [6.07, 6.45) is 14.5. The van der Waals surface area contributed by atoms with Crippen LogP contribution in [0.1, 0.15) is 182 Å². The molecule has 0 radical (unpaired) electrons. The second-order valence-corrected chi connectivity index (χ2v) is 21.3. The Bertz CT molecular complexity index is 2390. The van der Waals surface area contributed by atoms with Gasteiger partial charge in [-0.2, -0.15) is 10.4 Å². The Morgan fingerprint density at radius 2 is 1.54 bits per heavy atom. The van der Waals surface area contributed by atoms with Crippen molar-refractivity contribution in [3.63, 3.8) is 0 Å². The molecular weight excluding hydrogens is 902 g/mol. The molecule has 2 heterocycles. The second kappa shape index (κ2) is 28.0. The number of nitrogens with zero attached hydrogens (tertiary/aromatic N) is 4. The molecule has 1 aromatic heterocycles. The molecule has 0 saturated heterocycles. The molecule has 3 aromatic carbocycles. The van der Waals surface area contributed by atoms with Gasteiger partial charge < -0.3 is 30.8 Å². The number of nitrogens with two attached hydrogens (primary N) is 1. The number of nitrogen functional groups attached to an aromatic ring is 1. The van der Waals surface area contributed by atoms with Gasteiger partial charge in [0, 0.05) is 54.6 Å². The first-order valence-corrected chi connectivity index (χ1v) is 26.7. The normalized spacial score (nSPS) is 15.4. The van der Waals surface area contributed by atoms with Gasteiger partial charge in [-0.25, -0.2) is 0 Å². The van der Waals surface area contributed by atoms with Gasteiger partial charge in [-0.1, -0.05) is 89.4 Å². The number of rotatable bonds is 18. The third-order valence-electron chi connectivity index (χ3n) is 13.4. The van der Waals surface area contributed by atoms with Crippen molar-refractivity contribution in [1.29, 1.82) is 5.26 Å². The van der Waals surface area contributed by atoms with Crippen molar-refractivity contribution in [2.75, 3.05) is 23.8 Å². The summed E-state index contributed by atoms with van der Waals surface area (Å²) in [5.74, 6) is 1.34. The molecule has 1 unspecified atom stereocenters. The highest BCUT2D eigenvalue weighted by atomic mass is 35.5. The van der Waals surface area contributed by atoms with Crippen molar-refractivity contribution in [2.24, 2.45) is 13.0 Å². The minimum atomic E-state index is -0.377. The third kappa shape index (κ3) is 17.4. The first-order valence-electron chi connectivity index (χ1n) is 26.3. The van der Waals surface area contributed by atoms with E-state index in [4.69, 9.17) is 32.4 Å². The Morgan fingerprint density at radius 1 is 0.915 bits per heavy atom. The summed E-state index contributed by atoms with van der Waals surface area (Å²) in [7, 11) is 2.11. The van der Waals surface area contributed by atoms with Gasteiger partial charge in [-0.05, 0) is 181 Å². The van der Waals surface area contributed by atoms with E-state index >= 15 is 0 Å². The molecule has 2 aliphatic carbocycles. The van der Waals surface area contributed by atoms with Gasteiger partial charge in [0.25, 0.3) is 0 Å². The predicted octanol–water partition coefficient (Wildman–Crippen LogP) is 14.4. The molecule has 2 atom stereocenters. The molecule has 0 spiro atoms. The molecule has 7 rings (SSSR count). The van der Waals surface area contributed by atoms with Gasteiger partial charge in [0.05, 0.1) is 47.3 Å². The largest absolute Gasteiger partial charge is 0.399 e. The van der Waals surface area contributed by atoms with Crippen molar-refractivity contribution >= 4 is 46.6 Å². The number of benzene rings is 3. The van der Waals surface area contributed by atoms with E-state index in [1.54, 1.807) is 37.3 Å². The van der Waals surface area contributed by atoms with Gasteiger partial charge in [0.2, 0.25) is 5.91 Å². The van der Waals surface area contributed by atoms with Crippen LogP contribution in [0.5, 0.6) is 0 Å². The summed E-state index contributed by atoms with van der Waals surface area (Å²) in [4.78, 5) is 23.6. The Morgan fingerprint density at radius 3 is 2.06 bits per heavy atom. The number of aryl methyl sites for hydroxylation is 2. The molecule has 1 amide bonds. The molecule has 3 aliphatic rings. The van der Waals surface area contributed by atoms with Crippen LogP contribution in [0.2, 0.25) is 5.02 Å². The minimum Gasteiger partial charge on any atom is -0.399 e. The smallest absolute Gasteiger partial charge is 0.224 e. The first-order chi connectivity index (χ1) is 33.8. The van der Waals surface area contributed by atoms with E-state index in [-0.39, 0.29) is 29.5 Å². The van der Waals surface area contributed by atoms with Gasteiger partial charge in [0.15, 0.2) is 0 Å². The number of aldehydes is 1. The average molecular weight is 989 g/mol.